The lowest BCUT2D eigenvalue weighted by Crippen LogP contribution is -2.18. The number of ketones is 1. The third kappa shape index (κ3) is 2.47. The predicted molar refractivity (Wildman–Crippen MR) is 77.5 cm³/mol. The summed E-state index contributed by atoms with van der Waals surface area (Å²) in [7, 11) is 0. The summed E-state index contributed by atoms with van der Waals surface area (Å²) in [5, 5.41) is 0. The molecule has 94 valence electrons. The van der Waals surface area contributed by atoms with Crippen LogP contribution in [0.2, 0.25) is 0 Å². The lowest BCUT2D eigenvalue weighted by molar-refractivity contribution is 0.0989. The van der Waals surface area contributed by atoms with Crippen LogP contribution >= 0.6 is 15.9 Å². The first-order chi connectivity index (χ1) is 7.82. The molecule has 0 saturated heterocycles. The molecule has 1 unspecified atom stereocenters. The number of benzene rings is 1. The van der Waals surface area contributed by atoms with Crippen molar-refractivity contribution in [2.75, 3.05) is 0 Å². The SMILES string of the molecule is CCC(Br)C(=O)c1c(C)c(C)c(C)c(C)c1C. The Balaban J connectivity index is 3.50. The number of carbonyl (C=O) groups is 1. The van der Waals surface area contributed by atoms with E-state index in [2.05, 4.69) is 50.5 Å². The van der Waals surface area contributed by atoms with Gasteiger partial charge in [0.25, 0.3) is 0 Å². The molecule has 0 aliphatic rings. The van der Waals surface area contributed by atoms with Gasteiger partial charge in [-0.15, -0.1) is 0 Å². The number of hydrogen-bond donors (Lipinski definition) is 0. The summed E-state index contributed by atoms with van der Waals surface area (Å²) in [4.78, 5) is 12.3. The van der Waals surface area contributed by atoms with E-state index in [4.69, 9.17) is 0 Å². The molecule has 0 spiro atoms. The van der Waals surface area contributed by atoms with Gasteiger partial charge in [0.15, 0.2) is 5.78 Å². The van der Waals surface area contributed by atoms with E-state index in [0.717, 1.165) is 23.1 Å². The van der Waals surface area contributed by atoms with Crippen LogP contribution in [0.1, 0.15) is 51.5 Å². The molecule has 0 aliphatic heterocycles. The van der Waals surface area contributed by atoms with Gasteiger partial charge in [-0.1, -0.05) is 22.9 Å². The van der Waals surface area contributed by atoms with Gasteiger partial charge in [0.05, 0.1) is 4.83 Å². The molecule has 1 aromatic carbocycles. The maximum absolute atomic E-state index is 12.4. The maximum Gasteiger partial charge on any atom is 0.176 e. The minimum atomic E-state index is -0.0681. The van der Waals surface area contributed by atoms with Crippen LogP contribution < -0.4 is 0 Å². The summed E-state index contributed by atoms with van der Waals surface area (Å²) in [6.07, 6.45) is 0.823. The molecule has 0 saturated carbocycles. The third-order valence-electron chi connectivity index (χ3n) is 3.89. The molecule has 0 amide bonds. The zero-order valence-corrected chi connectivity index (χ0v) is 13.2. The van der Waals surface area contributed by atoms with Gasteiger partial charge in [-0.05, 0) is 68.9 Å². The van der Waals surface area contributed by atoms with Crippen molar-refractivity contribution in [3.05, 3.63) is 33.4 Å². The summed E-state index contributed by atoms with van der Waals surface area (Å²) < 4.78 is 0. The number of carbonyl (C=O) groups excluding carboxylic acids is 1. The van der Waals surface area contributed by atoms with E-state index in [-0.39, 0.29) is 10.6 Å². The smallest absolute Gasteiger partial charge is 0.176 e. The summed E-state index contributed by atoms with van der Waals surface area (Å²) in [6, 6.07) is 0. The number of alkyl halides is 1. The summed E-state index contributed by atoms with van der Waals surface area (Å²) in [5.74, 6) is 0.216. The fraction of sp³-hybridized carbons (Fsp3) is 0.533. The molecule has 0 aromatic heterocycles. The molecule has 0 fully saturated rings. The Hall–Kier alpha value is -0.630. The van der Waals surface area contributed by atoms with E-state index in [1.807, 2.05) is 6.92 Å². The highest BCUT2D eigenvalue weighted by molar-refractivity contribution is 9.10. The van der Waals surface area contributed by atoms with Gasteiger partial charge in [-0.25, -0.2) is 0 Å². The van der Waals surface area contributed by atoms with Crippen LogP contribution in [0.4, 0.5) is 0 Å². The van der Waals surface area contributed by atoms with Crippen LogP contribution in [-0.2, 0) is 0 Å². The molecule has 1 aromatic rings. The molecule has 1 nitrogen and oxygen atoms in total. The molecule has 0 bridgehead atoms. The van der Waals surface area contributed by atoms with Crippen LogP contribution in [0.3, 0.4) is 0 Å². The molecule has 0 aliphatic carbocycles. The van der Waals surface area contributed by atoms with Gasteiger partial charge in [-0.3, -0.25) is 4.79 Å². The normalized spacial score (nSPS) is 12.6. The van der Waals surface area contributed by atoms with Gasteiger partial charge in [0, 0.05) is 5.56 Å². The summed E-state index contributed by atoms with van der Waals surface area (Å²) >= 11 is 3.47. The van der Waals surface area contributed by atoms with Gasteiger partial charge >= 0.3 is 0 Å². The molecular formula is C15H21BrO. The van der Waals surface area contributed by atoms with E-state index in [1.54, 1.807) is 0 Å². The Bertz CT molecular complexity index is 431. The highest BCUT2D eigenvalue weighted by Crippen LogP contribution is 2.28. The monoisotopic (exact) mass is 296 g/mol. The summed E-state index contributed by atoms with van der Waals surface area (Å²) in [5.41, 5.74) is 6.97. The van der Waals surface area contributed by atoms with E-state index in [0.29, 0.717) is 0 Å². The lowest BCUT2D eigenvalue weighted by Gasteiger charge is -2.19. The molecule has 1 rings (SSSR count). The van der Waals surface area contributed by atoms with Crippen molar-refractivity contribution < 1.29 is 4.79 Å². The van der Waals surface area contributed by atoms with Gasteiger partial charge in [0.2, 0.25) is 0 Å². The minimum Gasteiger partial charge on any atom is -0.293 e. The van der Waals surface area contributed by atoms with Crippen molar-refractivity contribution in [1.29, 1.82) is 0 Å². The first kappa shape index (κ1) is 14.4. The Labute approximate surface area is 113 Å². The molecule has 0 heterocycles. The minimum absolute atomic E-state index is 0.0681. The van der Waals surface area contributed by atoms with Crippen molar-refractivity contribution in [1.82, 2.24) is 0 Å². The van der Waals surface area contributed by atoms with Crippen LogP contribution in [-0.4, -0.2) is 10.6 Å². The van der Waals surface area contributed by atoms with E-state index >= 15 is 0 Å². The second-order valence-corrected chi connectivity index (χ2v) is 5.85. The average Bonchev–Trinajstić information content (AvgIpc) is 2.32. The zero-order valence-electron chi connectivity index (χ0n) is 11.6. The van der Waals surface area contributed by atoms with Crippen molar-refractivity contribution in [3.8, 4) is 0 Å². The van der Waals surface area contributed by atoms with Crippen LogP contribution in [0, 0.1) is 34.6 Å². The first-order valence-electron chi connectivity index (χ1n) is 6.08. The second-order valence-electron chi connectivity index (χ2n) is 4.74. The first-order valence-corrected chi connectivity index (χ1v) is 6.99. The quantitative estimate of drug-likeness (QED) is 0.589. The van der Waals surface area contributed by atoms with E-state index in [9.17, 15) is 4.79 Å². The number of hydrogen-bond acceptors (Lipinski definition) is 1. The van der Waals surface area contributed by atoms with Crippen molar-refractivity contribution in [2.45, 2.75) is 52.8 Å². The standard InChI is InChI=1S/C15H21BrO/c1-7-13(16)15(17)14-11(5)9(3)8(2)10(4)12(14)6/h13H,7H2,1-6H3. The zero-order chi connectivity index (χ0) is 13.3. The van der Waals surface area contributed by atoms with Crippen LogP contribution in [0.15, 0.2) is 0 Å². The lowest BCUT2D eigenvalue weighted by atomic mass is 9.87. The molecule has 2 heteroatoms. The Morgan fingerprint density at radius 1 is 0.941 bits per heavy atom. The van der Waals surface area contributed by atoms with Gasteiger partial charge < -0.3 is 0 Å². The fourth-order valence-electron chi connectivity index (χ4n) is 2.21. The molecule has 17 heavy (non-hydrogen) atoms. The Morgan fingerprint density at radius 2 is 1.29 bits per heavy atom. The Morgan fingerprint density at radius 3 is 1.65 bits per heavy atom. The van der Waals surface area contributed by atoms with Crippen molar-refractivity contribution in [3.63, 3.8) is 0 Å². The number of Topliss-reactive ketones (excluding diaryl/α,β-unsaturated/α-hetero) is 1. The number of rotatable bonds is 3. The molecule has 0 radical (unpaired) electrons. The fourth-order valence-corrected chi connectivity index (χ4v) is 2.44. The van der Waals surface area contributed by atoms with E-state index < -0.39 is 0 Å². The average molecular weight is 297 g/mol. The maximum atomic E-state index is 12.4. The van der Waals surface area contributed by atoms with Gasteiger partial charge in [0.1, 0.15) is 0 Å². The van der Waals surface area contributed by atoms with Crippen LogP contribution in [0.25, 0.3) is 0 Å². The van der Waals surface area contributed by atoms with E-state index in [1.165, 1.54) is 16.7 Å². The van der Waals surface area contributed by atoms with Gasteiger partial charge in [-0.2, -0.15) is 0 Å². The summed E-state index contributed by atoms with van der Waals surface area (Å²) in [6.45, 7) is 12.5. The molecule has 0 N–H and O–H groups in total. The highest BCUT2D eigenvalue weighted by Gasteiger charge is 2.22. The third-order valence-corrected chi connectivity index (χ3v) is 4.95. The van der Waals surface area contributed by atoms with Crippen LogP contribution in [0.5, 0.6) is 0 Å². The topological polar surface area (TPSA) is 17.1 Å². The van der Waals surface area contributed by atoms with Crippen molar-refractivity contribution in [2.24, 2.45) is 0 Å². The highest BCUT2D eigenvalue weighted by atomic mass is 79.9. The molecular weight excluding hydrogens is 276 g/mol. The largest absolute Gasteiger partial charge is 0.293 e. The predicted octanol–water partition coefficient (Wildman–Crippen LogP) is 4.58. The van der Waals surface area contributed by atoms with Crippen molar-refractivity contribution >= 4 is 21.7 Å². The number of halogens is 1. The Kier molecular flexibility index (Phi) is 4.54. The molecule has 1 atom stereocenters. The second kappa shape index (κ2) is 5.34.